The van der Waals surface area contributed by atoms with E-state index in [9.17, 15) is 9.59 Å². The number of nitrogens with one attached hydrogen (secondary N) is 2. The molecule has 0 spiro atoms. The summed E-state index contributed by atoms with van der Waals surface area (Å²) in [7, 11) is 0. The second kappa shape index (κ2) is 8.78. The quantitative estimate of drug-likeness (QED) is 0.805. The van der Waals surface area contributed by atoms with Gasteiger partial charge in [0.1, 0.15) is 13.2 Å². The van der Waals surface area contributed by atoms with Crippen molar-refractivity contribution in [3.05, 3.63) is 59.2 Å². The molecular weight excluding hydrogens is 356 g/mol. The number of benzene rings is 2. The highest BCUT2D eigenvalue weighted by Gasteiger charge is 2.21. The second-order valence-electron chi connectivity index (χ2n) is 7.24. The van der Waals surface area contributed by atoms with Crippen molar-refractivity contribution in [2.24, 2.45) is 5.92 Å². The Balaban J connectivity index is 1.61. The Morgan fingerprint density at radius 2 is 1.68 bits per heavy atom. The van der Waals surface area contributed by atoms with Crippen molar-refractivity contribution in [2.75, 3.05) is 19.8 Å². The zero-order chi connectivity index (χ0) is 20.1. The standard InChI is InChI=1S/C22H26N2O4/c1-14(2)21(17-8-9-18-19(12-17)28-11-10-27-18)24-20(25)13-23-22(26)16-6-4-15(3)5-7-16/h4-9,12,14,21H,10-11,13H2,1-3H3,(H,23,26)(H,24,25)/t21-/m1/s1. The molecule has 6 nitrogen and oxygen atoms in total. The third-order valence-corrected chi connectivity index (χ3v) is 4.63. The van der Waals surface area contributed by atoms with Gasteiger partial charge in [0.05, 0.1) is 12.6 Å². The molecule has 0 radical (unpaired) electrons. The Hall–Kier alpha value is -3.02. The van der Waals surface area contributed by atoms with Crippen LogP contribution in [0.1, 0.15) is 41.4 Å². The Morgan fingerprint density at radius 3 is 2.36 bits per heavy atom. The average Bonchev–Trinajstić information content (AvgIpc) is 2.70. The summed E-state index contributed by atoms with van der Waals surface area (Å²) in [6.45, 7) is 7.00. The highest BCUT2D eigenvalue weighted by atomic mass is 16.6. The molecule has 0 aromatic heterocycles. The molecule has 0 bridgehead atoms. The molecule has 0 saturated heterocycles. The van der Waals surface area contributed by atoms with Crippen LogP contribution in [0.15, 0.2) is 42.5 Å². The minimum absolute atomic E-state index is 0.0829. The number of rotatable bonds is 6. The molecule has 148 valence electrons. The maximum Gasteiger partial charge on any atom is 0.251 e. The van der Waals surface area contributed by atoms with Gasteiger partial charge in [-0.25, -0.2) is 0 Å². The summed E-state index contributed by atoms with van der Waals surface area (Å²) in [5, 5.41) is 5.67. The van der Waals surface area contributed by atoms with Gasteiger partial charge in [-0.15, -0.1) is 0 Å². The third-order valence-electron chi connectivity index (χ3n) is 4.63. The van der Waals surface area contributed by atoms with E-state index in [1.54, 1.807) is 12.1 Å². The molecule has 0 unspecified atom stereocenters. The van der Waals surface area contributed by atoms with E-state index in [-0.39, 0.29) is 30.3 Å². The molecule has 2 aromatic rings. The van der Waals surface area contributed by atoms with Crippen LogP contribution < -0.4 is 20.1 Å². The molecule has 3 rings (SSSR count). The summed E-state index contributed by atoms with van der Waals surface area (Å²) in [6, 6.07) is 12.7. The molecule has 0 saturated carbocycles. The first-order chi connectivity index (χ1) is 13.4. The molecule has 2 amide bonds. The summed E-state index contributed by atoms with van der Waals surface area (Å²) in [6.07, 6.45) is 0. The molecule has 0 fully saturated rings. The van der Waals surface area contributed by atoms with Crippen molar-refractivity contribution < 1.29 is 19.1 Å². The zero-order valence-electron chi connectivity index (χ0n) is 16.5. The number of amides is 2. The number of aryl methyl sites for hydroxylation is 1. The van der Waals surface area contributed by atoms with E-state index < -0.39 is 0 Å². The maximum absolute atomic E-state index is 12.4. The van der Waals surface area contributed by atoms with Crippen LogP contribution in [0.3, 0.4) is 0 Å². The van der Waals surface area contributed by atoms with Gasteiger partial charge in [0.25, 0.3) is 5.91 Å². The number of carbonyl (C=O) groups excluding carboxylic acids is 2. The number of hydrogen-bond donors (Lipinski definition) is 2. The largest absolute Gasteiger partial charge is 0.486 e. The Morgan fingerprint density at radius 1 is 1.00 bits per heavy atom. The van der Waals surface area contributed by atoms with E-state index in [2.05, 4.69) is 10.6 Å². The molecule has 2 N–H and O–H groups in total. The van der Waals surface area contributed by atoms with Crippen molar-refractivity contribution in [3.8, 4) is 11.5 Å². The van der Waals surface area contributed by atoms with E-state index in [0.717, 1.165) is 11.1 Å². The van der Waals surface area contributed by atoms with Crippen LogP contribution in [-0.4, -0.2) is 31.6 Å². The summed E-state index contributed by atoms with van der Waals surface area (Å²) < 4.78 is 11.2. The molecule has 0 aliphatic carbocycles. The first kappa shape index (κ1) is 19.7. The van der Waals surface area contributed by atoms with E-state index >= 15 is 0 Å². The molecule has 1 heterocycles. The minimum atomic E-state index is -0.268. The molecule has 6 heteroatoms. The van der Waals surface area contributed by atoms with Crippen molar-refractivity contribution in [1.29, 1.82) is 0 Å². The summed E-state index contributed by atoms with van der Waals surface area (Å²) in [5.41, 5.74) is 2.55. The van der Waals surface area contributed by atoms with Crippen LogP contribution in [0, 0.1) is 12.8 Å². The molecule has 28 heavy (non-hydrogen) atoms. The SMILES string of the molecule is Cc1ccc(C(=O)NCC(=O)N[C@@H](c2ccc3c(c2)OCCO3)C(C)C)cc1. The van der Waals surface area contributed by atoms with E-state index in [0.29, 0.717) is 30.3 Å². The Labute approximate surface area is 165 Å². The van der Waals surface area contributed by atoms with Crippen molar-refractivity contribution in [1.82, 2.24) is 10.6 Å². The fraction of sp³-hybridized carbons (Fsp3) is 0.364. The van der Waals surface area contributed by atoms with Crippen molar-refractivity contribution >= 4 is 11.8 Å². The predicted octanol–water partition coefficient (Wildman–Crippen LogP) is 3.01. The van der Waals surface area contributed by atoms with Gasteiger partial charge in [-0.2, -0.15) is 0 Å². The molecule has 2 aromatic carbocycles. The predicted molar refractivity (Wildman–Crippen MR) is 107 cm³/mol. The third kappa shape index (κ3) is 4.82. The topological polar surface area (TPSA) is 76.7 Å². The highest BCUT2D eigenvalue weighted by Crippen LogP contribution is 2.34. The van der Waals surface area contributed by atoms with Gasteiger partial charge in [0, 0.05) is 5.56 Å². The monoisotopic (exact) mass is 382 g/mol. The van der Waals surface area contributed by atoms with Gasteiger partial charge in [-0.1, -0.05) is 37.6 Å². The zero-order valence-corrected chi connectivity index (χ0v) is 16.5. The Bertz CT molecular complexity index is 846. The van der Waals surface area contributed by atoms with Crippen LogP contribution >= 0.6 is 0 Å². The first-order valence-electron chi connectivity index (χ1n) is 9.48. The lowest BCUT2D eigenvalue weighted by Gasteiger charge is -2.25. The van der Waals surface area contributed by atoms with E-state index in [1.165, 1.54) is 0 Å². The summed E-state index contributed by atoms with van der Waals surface area (Å²) in [5.74, 6) is 1.06. The minimum Gasteiger partial charge on any atom is -0.486 e. The van der Waals surface area contributed by atoms with Crippen LogP contribution in [0.25, 0.3) is 0 Å². The van der Waals surface area contributed by atoms with Gasteiger partial charge < -0.3 is 20.1 Å². The molecule has 1 atom stereocenters. The molecule has 1 aliphatic heterocycles. The van der Waals surface area contributed by atoms with Crippen LogP contribution in [0.4, 0.5) is 0 Å². The van der Waals surface area contributed by atoms with Crippen LogP contribution in [-0.2, 0) is 4.79 Å². The highest BCUT2D eigenvalue weighted by molar-refractivity contribution is 5.96. The van der Waals surface area contributed by atoms with Gasteiger partial charge in [-0.05, 0) is 42.7 Å². The average molecular weight is 382 g/mol. The van der Waals surface area contributed by atoms with Crippen molar-refractivity contribution in [3.63, 3.8) is 0 Å². The van der Waals surface area contributed by atoms with Crippen molar-refractivity contribution in [2.45, 2.75) is 26.8 Å². The lowest BCUT2D eigenvalue weighted by atomic mass is 9.95. The van der Waals surface area contributed by atoms with E-state index in [4.69, 9.17) is 9.47 Å². The van der Waals surface area contributed by atoms with Crippen LogP contribution in [0.5, 0.6) is 11.5 Å². The number of hydrogen-bond acceptors (Lipinski definition) is 4. The number of fused-ring (bicyclic) bond motifs is 1. The smallest absolute Gasteiger partial charge is 0.251 e. The lowest BCUT2D eigenvalue weighted by Crippen LogP contribution is -2.40. The Kier molecular flexibility index (Phi) is 6.19. The van der Waals surface area contributed by atoms with Gasteiger partial charge in [0.2, 0.25) is 5.91 Å². The fourth-order valence-electron chi connectivity index (χ4n) is 3.08. The van der Waals surface area contributed by atoms with E-state index in [1.807, 2.05) is 51.1 Å². The van der Waals surface area contributed by atoms with Gasteiger partial charge in [0.15, 0.2) is 11.5 Å². The fourth-order valence-corrected chi connectivity index (χ4v) is 3.08. The van der Waals surface area contributed by atoms with Gasteiger partial charge >= 0.3 is 0 Å². The normalized spacial score (nSPS) is 13.7. The first-order valence-corrected chi connectivity index (χ1v) is 9.48. The number of ether oxygens (including phenoxy) is 2. The van der Waals surface area contributed by atoms with Gasteiger partial charge in [-0.3, -0.25) is 9.59 Å². The molecule has 1 aliphatic rings. The maximum atomic E-state index is 12.4. The van der Waals surface area contributed by atoms with Crippen LogP contribution in [0.2, 0.25) is 0 Å². The number of carbonyl (C=O) groups is 2. The summed E-state index contributed by atoms with van der Waals surface area (Å²) in [4.78, 5) is 24.6. The lowest BCUT2D eigenvalue weighted by molar-refractivity contribution is -0.121. The summed E-state index contributed by atoms with van der Waals surface area (Å²) >= 11 is 0. The molecular formula is C22H26N2O4. The second-order valence-corrected chi connectivity index (χ2v) is 7.24.